The number of aryl methyl sites for hydroxylation is 3. The van der Waals surface area contributed by atoms with Crippen LogP contribution in [-0.4, -0.2) is 24.5 Å². The van der Waals surface area contributed by atoms with Crippen LogP contribution in [0.5, 0.6) is 0 Å². The van der Waals surface area contributed by atoms with Gasteiger partial charge in [-0.15, -0.1) is 35.3 Å². The molecule has 1 heterocycles. The average Bonchev–Trinajstić information content (AvgIpc) is 2.86. The summed E-state index contributed by atoms with van der Waals surface area (Å²) in [4.78, 5) is 9.84. The summed E-state index contributed by atoms with van der Waals surface area (Å²) in [7, 11) is 1.74. The minimum Gasteiger partial charge on any atom is -0.356 e. The molecule has 25 heavy (non-hydrogen) atoms. The Kier molecular flexibility index (Phi) is 9.88. The zero-order valence-corrected chi connectivity index (χ0v) is 19.3. The SMILES string of the molecule is CN=C(NCCCc1ccc(Br)cc1F)NCc1sc(C)nc1C.I. The first-order chi connectivity index (χ1) is 11.5. The third-order valence-electron chi connectivity index (χ3n) is 3.57. The van der Waals surface area contributed by atoms with E-state index in [1.165, 1.54) is 10.9 Å². The Balaban J connectivity index is 0.00000312. The first kappa shape index (κ1) is 22.3. The van der Waals surface area contributed by atoms with Crippen LogP contribution >= 0.6 is 51.2 Å². The number of hydrogen-bond donors (Lipinski definition) is 2. The molecule has 0 fully saturated rings. The van der Waals surface area contributed by atoms with E-state index < -0.39 is 0 Å². The van der Waals surface area contributed by atoms with Crippen molar-refractivity contribution in [1.29, 1.82) is 0 Å². The number of benzene rings is 1. The molecule has 0 spiro atoms. The van der Waals surface area contributed by atoms with Gasteiger partial charge in [0, 0.05) is 22.9 Å². The quantitative estimate of drug-likeness (QED) is 0.244. The molecule has 2 rings (SSSR count). The average molecular weight is 541 g/mol. The second kappa shape index (κ2) is 11.1. The van der Waals surface area contributed by atoms with Crippen molar-refractivity contribution in [3.63, 3.8) is 0 Å². The van der Waals surface area contributed by atoms with Gasteiger partial charge in [0.05, 0.1) is 17.2 Å². The van der Waals surface area contributed by atoms with E-state index in [-0.39, 0.29) is 29.8 Å². The summed E-state index contributed by atoms with van der Waals surface area (Å²) in [5.74, 6) is 0.583. The number of aliphatic imine (C=N–C) groups is 1. The van der Waals surface area contributed by atoms with Crippen molar-refractivity contribution in [2.24, 2.45) is 4.99 Å². The first-order valence-electron chi connectivity index (χ1n) is 7.81. The molecule has 0 saturated heterocycles. The summed E-state index contributed by atoms with van der Waals surface area (Å²) in [6, 6.07) is 5.19. The lowest BCUT2D eigenvalue weighted by molar-refractivity contribution is 0.602. The van der Waals surface area contributed by atoms with Crippen LogP contribution in [0.1, 0.15) is 27.6 Å². The van der Waals surface area contributed by atoms with Crippen LogP contribution in [-0.2, 0) is 13.0 Å². The molecule has 8 heteroatoms. The number of aromatic nitrogens is 1. The van der Waals surface area contributed by atoms with Gasteiger partial charge in [0.15, 0.2) is 5.96 Å². The van der Waals surface area contributed by atoms with Gasteiger partial charge in [-0.2, -0.15) is 0 Å². The molecule has 1 aromatic carbocycles. The second-order valence-electron chi connectivity index (χ2n) is 5.43. The van der Waals surface area contributed by atoms with E-state index in [1.807, 2.05) is 26.0 Å². The molecule has 0 bridgehead atoms. The second-order valence-corrected chi connectivity index (χ2v) is 7.64. The molecule has 4 nitrogen and oxygen atoms in total. The largest absolute Gasteiger partial charge is 0.356 e. The number of nitrogens with zero attached hydrogens (tertiary/aromatic N) is 2. The highest BCUT2D eigenvalue weighted by atomic mass is 127. The molecule has 1 aromatic heterocycles. The van der Waals surface area contributed by atoms with Crippen molar-refractivity contribution in [3.05, 3.63) is 49.6 Å². The van der Waals surface area contributed by atoms with Crippen molar-refractivity contribution in [3.8, 4) is 0 Å². The molecule has 2 N–H and O–H groups in total. The minimum atomic E-state index is -0.164. The van der Waals surface area contributed by atoms with Crippen LogP contribution in [0.3, 0.4) is 0 Å². The predicted octanol–water partition coefficient (Wildman–Crippen LogP) is 4.58. The first-order valence-corrected chi connectivity index (χ1v) is 9.42. The van der Waals surface area contributed by atoms with Gasteiger partial charge in [-0.3, -0.25) is 4.99 Å². The number of hydrogen-bond acceptors (Lipinski definition) is 3. The normalized spacial score (nSPS) is 11.2. The molecule has 0 amide bonds. The molecule has 0 aliphatic rings. The lowest BCUT2D eigenvalue weighted by Gasteiger charge is -2.11. The van der Waals surface area contributed by atoms with Gasteiger partial charge < -0.3 is 10.6 Å². The van der Waals surface area contributed by atoms with E-state index in [9.17, 15) is 4.39 Å². The molecule has 0 saturated carbocycles. The highest BCUT2D eigenvalue weighted by Crippen LogP contribution is 2.17. The Morgan fingerprint density at radius 3 is 2.68 bits per heavy atom. The van der Waals surface area contributed by atoms with Crippen molar-refractivity contribution in [2.75, 3.05) is 13.6 Å². The number of thiazole rings is 1. The van der Waals surface area contributed by atoms with Crippen molar-refractivity contribution in [2.45, 2.75) is 33.2 Å². The molecule has 138 valence electrons. The van der Waals surface area contributed by atoms with E-state index in [1.54, 1.807) is 18.4 Å². The lowest BCUT2D eigenvalue weighted by atomic mass is 10.1. The van der Waals surface area contributed by atoms with E-state index >= 15 is 0 Å². The fraction of sp³-hybridized carbons (Fsp3) is 0.412. The van der Waals surface area contributed by atoms with Gasteiger partial charge in [-0.05, 0) is 44.4 Å². The summed E-state index contributed by atoms with van der Waals surface area (Å²) in [6.45, 7) is 5.47. The zero-order valence-electron chi connectivity index (χ0n) is 14.5. The highest BCUT2D eigenvalue weighted by Gasteiger charge is 2.06. The summed E-state index contributed by atoms with van der Waals surface area (Å²) in [5, 5.41) is 7.62. The Hall–Kier alpha value is -0.740. The van der Waals surface area contributed by atoms with Crippen LogP contribution in [0.4, 0.5) is 4.39 Å². The molecule has 0 unspecified atom stereocenters. The summed E-state index contributed by atoms with van der Waals surface area (Å²) >= 11 is 4.96. The summed E-state index contributed by atoms with van der Waals surface area (Å²) in [5.41, 5.74) is 1.80. The highest BCUT2D eigenvalue weighted by molar-refractivity contribution is 14.0. The molecule has 0 aliphatic heterocycles. The lowest BCUT2D eigenvalue weighted by Crippen LogP contribution is -2.37. The Morgan fingerprint density at radius 1 is 1.32 bits per heavy atom. The fourth-order valence-corrected chi connectivity index (χ4v) is 3.54. The van der Waals surface area contributed by atoms with Crippen molar-refractivity contribution >= 4 is 57.2 Å². The van der Waals surface area contributed by atoms with Gasteiger partial charge in [0.2, 0.25) is 0 Å². The molecular weight excluding hydrogens is 518 g/mol. The predicted molar refractivity (Wildman–Crippen MR) is 118 cm³/mol. The minimum absolute atomic E-state index is 0. The van der Waals surface area contributed by atoms with Crippen LogP contribution < -0.4 is 10.6 Å². The van der Waals surface area contributed by atoms with E-state index in [4.69, 9.17) is 0 Å². The van der Waals surface area contributed by atoms with E-state index in [2.05, 4.69) is 36.5 Å². The number of nitrogens with one attached hydrogen (secondary N) is 2. The van der Waals surface area contributed by atoms with Gasteiger partial charge in [-0.25, -0.2) is 9.37 Å². The van der Waals surface area contributed by atoms with Crippen LogP contribution in [0.25, 0.3) is 0 Å². The van der Waals surface area contributed by atoms with Crippen molar-refractivity contribution < 1.29 is 4.39 Å². The van der Waals surface area contributed by atoms with Gasteiger partial charge in [0.1, 0.15) is 5.82 Å². The fourth-order valence-electron chi connectivity index (χ4n) is 2.33. The Labute approximate surface area is 177 Å². The maximum absolute atomic E-state index is 13.8. The molecule has 0 radical (unpaired) electrons. The maximum Gasteiger partial charge on any atom is 0.191 e. The van der Waals surface area contributed by atoms with Crippen LogP contribution in [0, 0.1) is 19.7 Å². The summed E-state index contributed by atoms with van der Waals surface area (Å²) in [6.07, 6.45) is 1.52. The monoisotopic (exact) mass is 540 g/mol. The topological polar surface area (TPSA) is 49.3 Å². The van der Waals surface area contributed by atoms with E-state index in [0.717, 1.165) is 39.7 Å². The van der Waals surface area contributed by atoms with Gasteiger partial charge in [0.25, 0.3) is 0 Å². The van der Waals surface area contributed by atoms with Gasteiger partial charge >= 0.3 is 0 Å². The molecule has 0 atom stereocenters. The zero-order chi connectivity index (χ0) is 17.5. The smallest absolute Gasteiger partial charge is 0.191 e. The van der Waals surface area contributed by atoms with Crippen LogP contribution in [0.2, 0.25) is 0 Å². The number of guanidine groups is 1. The third kappa shape index (κ3) is 7.18. The van der Waals surface area contributed by atoms with Crippen molar-refractivity contribution in [1.82, 2.24) is 15.6 Å². The maximum atomic E-state index is 13.8. The standard InChI is InChI=1S/C17H22BrFN4S.HI/c1-11-16(24-12(2)23-11)10-22-17(20-3)21-8-4-5-13-6-7-14(18)9-15(13)19;/h6-7,9H,4-5,8,10H2,1-3H3,(H2,20,21,22);1H. The molecule has 2 aromatic rings. The molecule has 0 aliphatic carbocycles. The Bertz CT molecular complexity index is 721. The number of halogens is 3. The van der Waals surface area contributed by atoms with E-state index in [0.29, 0.717) is 13.0 Å². The van der Waals surface area contributed by atoms with Crippen LogP contribution in [0.15, 0.2) is 27.7 Å². The Morgan fingerprint density at radius 2 is 2.08 bits per heavy atom. The third-order valence-corrected chi connectivity index (χ3v) is 5.14. The number of rotatable bonds is 6. The van der Waals surface area contributed by atoms with Gasteiger partial charge in [-0.1, -0.05) is 22.0 Å². The summed E-state index contributed by atoms with van der Waals surface area (Å²) < 4.78 is 14.5. The molecular formula is C17H23BrFIN4S.